The minimum atomic E-state index is -0.334. The first-order chi connectivity index (χ1) is 12.6. The molecule has 0 unspecified atom stereocenters. The Kier molecular flexibility index (Phi) is 5.89. The van der Waals surface area contributed by atoms with Gasteiger partial charge in [-0.2, -0.15) is 0 Å². The third-order valence-corrected chi connectivity index (χ3v) is 5.46. The molecule has 0 aliphatic carbocycles. The van der Waals surface area contributed by atoms with Crippen molar-refractivity contribution in [2.24, 2.45) is 0 Å². The Bertz CT molecular complexity index is 879. The van der Waals surface area contributed by atoms with Gasteiger partial charge in [-0.3, -0.25) is 4.79 Å². The summed E-state index contributed by atoms with van der Waals surface area (Å²) < 4.78 is 7.41. The lowest BCUT2D eigenvalue weighted by atomic mass is 10.2. The van der Waals surface area contributed by atoms with Crippen LogP contribution < -0.4 is 10.1 Å². The molecule has 0 fully saturated rings. The van der Waals surface area contributed by atoms with E-state index in [0.29, 0.717) is 16.8 Å². The molecule has 3 rings (SSSR count). The van der Waals surface area contributed by atoms with E-state index in [-0.39, 0.29) is 11.2 Å². The van der Waals surface area contributed by atoms with Gasteiger partial charge in [0.05, 0.1) is 17.9 Å². The second-order valence-corrected chi connectivity index (χ2v) is 7.54. The second-order valence-electron chi connectivity index (χ2n) is 5.34. The highest BCUT2D eigenvalue weighted by Crippen LogP contribution is 2.32. The Morgan fingerprint density at radius 1 is 1.38 bits per heavy atom. The molecule has 136 valence electrons. The molecule has 0 bridgehead atoms. The van der Waals surface area contributed by atoms with Crippen LogP contribution >= 0.6 is 23.1 Å². The summed E-state index contributed by atoms with van der Waals surface area (Å²) >= 11 is 2.76. The van der Waals surface area contributed by atoms with Crippen molar-refractivity contribution in [1.29, 1.82) is 0 Å². The van der Waals surface area contributed by atoms with E-state index in [1.165, 1.54) is 23.1 Å². The minimum Gasteiger partial charge on any atom is -0.496 e. The average Bonchev–Trinajstić information content (AvgIpc) is 3.31. The summed E-state index contributed by atoms with van der Waals surface area (Å²) in [5.74, 6) is 1.34. The molecule has 2 heterocycles. The fourth-order valence-electron chi connectivity index (χ4n) is 2.39. The average molecular weight is 390 g/mol. The van der Waals surface area contributed by atoms with Gasteiger partial charge in [-0.05, 0) is 26.0 Å². The van der Waals surface area contributed by atoms with Crippen molar-refractivity contribution in [3.63, 3.8) is 0 Å². The van der Waals surface area contributed by atoms with Crippen LogP contribution in [0.1, 0.15) is 13.8 Å². The van der Waals surface area contributed by atoms with Crippen molar-refractivity contribution in [3.05, 3.63) is 35.8 Å². The number of rotatable bonds is 7. The number of ether oxygens (including phenoxy) is 1. The van der Waals surface area contributed by atoms with E-state index in [1.54, 1.807) is 13.3 Å². The summed E-state index contributed by atoms with van der Waals surface area (Å²) in [6.45, 7) is 4.54. The van der Waals surface area contributed by atoms with E-state index in [4.69, 9.17) is 4.74 Å². The van der Waals surface area contributed by atoms with Crippen LogP contribution in [0.3, 0.4) is 0 Å². The summed E-state index contributed by atoms with van der Waals surface area (Å²) in [4.78, 5) is 16.4. The molecule has 1 amide bonds. The lowest BCUT2D eigenvalue weighted by Crippen LogP contribution is -2.22. The predicted octanol–water partition coefficient (Wildman–Crippen LogP) is 3.55. The molecule has 0 aliphatic rings. The van der Waals surface area contributed by atoms with Crippen LogP contribution in [-0.4, -0.2) is 38.0 Å². The first-order valence-corrected chi connectivity index (χ1v) is 9.83. The zero-order chi connectivity index (χ0) is 18.5. The number of thioether (sulfide) groups is 1. The van der Waals surface area contributed by atoms with Gasteiger partial charge >= 0.3 is 0 Å². The fraction of sp³-hybridized carbons (Fsp3) is 0.294. The van der Waals surface area contributed by atoms with Gasteiger partial charge in [0.1, 0.15) is 5.75 Å². The SMILES string of the molecule is CCn1c(S[C@@H](C)C(=O)Nc2nccs2)nnc1-c1ccccc1OC. The van der Waals surface area contributed by atoms with E-state index >= 15 is 0 Å². The Morgan fingerprint density at radius 3 is 2.88 bits per heavy atom. The van der Waals surface area contributed by atoms with Crippen molar-refractivity contribution in [1.82, 2.24) is 19.7 Å². The molecule has 0 saturated heterocycles. The van der Waals surface area contributed by atoms with Gasteiger partial charge in [-0.25, -0.2) is 4.98 Å². The van der Waals surface area contributed by atoms with Gasteiger partial charge in [-0.1, -0.05) is 23.9 Å². The molecule has 0 saturated carbocycles. The van der Waals surface area contributed by atoms with Crippen LogP contribution in [0.2, 0.25) is 0 Å². The third-order valence-electron chi connectivity index (χ3n) is 3.69. The first kappa shape index (κ1) is 18.4. The summed E-state index contributed by atoms with van der Waals surface area (Å²) in [6, 6.07) is 7.68. The number of nitrogens with zero attached hydrogens (tertiary/aromatic N) is 4. The molecule has 1 N–H and O–H groups in total. The predicted molar refractivity (Wildman–Crippen MR) is 104 cm³/mol. The quantitative estimate of drug-likeness (QED) is 0.622. The van der Waals surface area contributed by atoms with Crippen LogP contribution in [0.25, 0.3) is 11.4 Å². The summed E-state index contributed by atoms with van der Waals surface area (Å²) in [5, 5.41) is 14.2. The summed E-state index contributed by atoms with van der Waals surface area (Å²) in [6.07, 6.45) is 1.66. The van der Waals surface area contributed by atoms with Crippen molar-refractivity contribution in [2.45, 2.75) is 30.8 Å². The van der Waals surface area contributed by atoms with E-state index in [0.717, 1.165) is 17.1 Å². The lowest BCUT2D eigenvalue weighted by Gasteiger charge is -2.12. The molecule has 0 spiro atoms. The number of methoxy groups -OCH3 is 1. The molecular weight excluding hydrogens is 370 g/mol. The van der Waals surface area contributed by atoms with E-state index in [2.05, 4.69) is 20.5 Å². The monoisotopic (exact) mass is 389 g/mol. The van der Waals surface area contributed by atoms with Crippen molar-refractivity contribution >= 4 is 34.1 Å². The molecule has 0 radical (unpaired) electrons. The Morgan fingerprint density at radius 2 is 2.19 bits per heavy atom. The molecule has 0 aliphatic heterocycles. The maximum Gasteiger partial charge on any atom is 0.239 e. The van der Waals surface area contributed by atoms with Crippen molar-refractivity contribution in [3.8, 4) is 17.1 Å². The van der Waals surface area contributed by atoms with Crippen molar-refractivity contribution in [2.75, 3.05) is 12.4 Å². The summed E-state index contributed by atoms with van der Waals surface area (Å²) in [5.41, 5.74) is 0.871. The second kappa shape index (κ2) is 8.33. The van der Waals surface area contributed by atoms with E-state index < -0.39 is 0 Å². The number of thiazole rings is 1. The molecule has 26 heavy (non-hydrogen) atoms. The summed E-state index contributed by atoms with van der Waals surface area (Å²) in [7, 11) is 1.63. The normalized spacial score (nSPS) is 12.0. The standard InChI is InChI=1S/C17H19N5O2S2/c1-4-22-14(12-7-5-6-8-13(12)24-3)20-21-17(22)26-11(2)15(23)19-16-18-9-10-25-16/h5-11H,4H2,1-3H3,(H,18,19,23)/t11-/m0/s1. The number of amides is 1. The lowest BCUT2D eigenvalue weighted by molar-refractivity contribution is -0.115. The van der Waals surface area contributed by atoms with Gasteiger partial charge in [0, 0.05) is 18.1 Å². The number of carbonyl (C=O) groups is 1. The molecule has 9 heteroatoms. The maximum absolute atomic E-state index is 12.3. The van der Waals surface area contributed by atoms with Gasteiger partial charge in [0.15, 0.2) is 16.1 Å². The number of anilines is 1. The highest BCUT2D eigenvalue weighted by Gasteiger charge is 2.22. The van der Waals surface area contributed by atoms with Crippen LogP contribution in [0.15, 0.2) is 41.0 Å². The number of hydrogen-bond donors (Lipinski definition) is 1. The molecular formula is C17H19N5O2S2. The number of hydrogen-bond acceptors (Lipinski definition) is 7. The highest BCUT2D eigenvalue weighted by atomic mass is 32.2. The van der Waals surface area contributed by atoms with Gasteiger partial charge < -0.3 is 14.6 Å². The molecule has 7 nitrogen and oxygen atoms in total. The number of aromatic nitrogens is 4. The Hall–Kier alpha value is -2.39. The number of carbonyl (C=O) groups excluding carboxylic acids is 1. The first-order valence-electron chi connectivity index (χ1n) is 8.07. The highest BCUT2D eigenvalue weighted by molar-refractivity contribution is 8.00. The minimum absolute atomic E-state index is 0.116. The molecule has 2 aromatic heterocycles. The number of nitrogens with one attached hydrogen (secondary N) is 1. The fourth-order valence-corrected chi connectivity index (χ4v) is 3.84. The topological polar surface area (TPSA) is 81.9 Å². The molecule has 3 aromatic rings. The van der Waals surface area contributed by atoms with Crippen LogP contribution in [0, 0.1) is 0 Å². The zero-order valence-electron chi connectivity index (χ0n) is 14.7. The molecule has 1 aromatic carbocycles. The van der Waals surface area contributed by atoms with Gasteiger partial charge in [0.25, 0.3) is 0 Å². The largest absolute Gasteiger partial charge is 0.496 e. The van der Waals surface area contributed by atoms with Crippen molar-refractivity contribution < 1.29 is 9.53 Å². The number of para-hydroxylation sites is 1. The van der Waals surface area contributed by atoms with Crippen LogP contribution in [0.4, 0.5) is 5.13 Å². The van der Waals surface area contributed by atoms with E-state index in [1.807, 2.05) is 48.1 Å². The van der Waals surface area contributed by atoms with E-state index in [9.17, 15) is 4.79 Å². The smallest absolute Gasteiger partial charge is 0.239 e. The number of benzene rings is 1. The van der Waals surface area contributed by atoms with Gasteiger partial charge in [0.2, 0.25) is 5.91 Å². The molecule has 1 atom stereocenters. The Labute approximate surface area is 159 Å². The third kappa shape index (κ3) is 3.88. The van der Waals surface area contributed by atoms with Crippen LogP contribution in [-0.2, 0) is 11.3 Å². The Balaban J connectivity index is 1.81. The van der Waals surface area contributed by atoms with Gasteiger partial charge in [-0.15, -0.1) is 21.5 Å². The van der Waals surface area contributed by atoms with Crippen LogP contribution in [0.5, 0.6) is 5.75 Å². The maximum atomic E-state index is 12.3. The zero-order valence-corrected chi connectivity index (χ0v) is 16.3.